The number of hydrogen-bond acceptors (Lipinski definition) is 3. The van der Waals surface area contributed by atoms with Crippen molar-refractivity contribution in [3.8, 4) is 0 Å². The highest BCUT2D eigenvalue weighted by molar-refractivity contribution is 6.19. The minimum absolute atomic E-state index is 0.244. The molecule has 3 rings (SSSR count). The summed E-state index contributed by atoms with van der Waals surface area (Å²) in [5.41, 5.74) is 7.32. The van der Waals surface area contributed by atoms with Gasteiger partial charge in [0, 0.05) is 49.2 Å². The van der Waals surface area contributed by atoms with Crippen LogP contribution in [-0.2, 0) is 0 Å². The summed E-state index contributed by atoms with van der Waals surface area (Å²) in [5, 5.41) is 0. The lowest BCUT2D eigenvalue weighted by atomic mass is 9.94. The molecule has 2 aliphatic heterocycles. The summed E-state index contributed by atoms with van der Waals surface area (Å²) >= 11 is 6.20. The standard InChI is InChI=1S/C28H33ClFN3/c1-7-11-23(20(5)8-2)26(10-4)31-12-14-32(15-13-31)28-17-27-24(16-25(28)30)21(6)22(9-3)18-33(27)19-29/h7-11,16-18H,2-3,6,12-15,19H2,1,4-5H3/b11-7-,23-20-,26-10+. The van der Waals surface area contributed by atoms with Crippen LogP contribution in [0, 0.1) is 5.82 Å². The van der Waals surface area contributed by atoms with E-state index in [4.69, 9.17) is 11.6 Å². The van der Waals surface area contributed by atoms with Crippen molar-refractivity contribution in [2.75, 3.05) is 42.0 Å². The van der Waals surface area contributed by atoms with Gasteiger partial charge in [-0.25, -0.2) is 4.39 Å². The Labute approximate surface area is 202 Å². The topological polar surface area (TPSA) is 9.72 Å². The van der Waals surface area contributed by atoms with E-state index >= 15 is 4.39 Å². The zero-order chi connectivity index (χ0) is 24.1. The molecule has 33 heavy (non-hydrogen) atoms. The summed E-state index contributed by atoms with van der Waals surface area (Å²) in [5.74, 6) is -0.244. The normalized spacial score (nSPS) is 17.7. The first kappa shape index (κ1) is 24.7. The van der Waals surface area contributed by atoms with E-state index in [1.807, 2.05) is 36.2 Å². The maximum atomic E-state index is 15.3. The van der Waals surface area contributed by atoms with Crippen LogP contribution in [0.1, 0.15) is 26.3 Å². The second kappa shape index (κ2) is 10.8. The van der Waals surface area contributed by atoms with Gasteiger partial charge in [-0.1, -0.05) is 50.1 Å². The van der Waals surface area contributed by atoms with Gasteiger partial charge in [0.1, 0.15) is 5.82 Å². The van der Waals surface area contributed by atoms with Crippen molar-refractivity contribution in [1.29, 1.82) is 0 Å². The van der Waals surface area contributed by atoms with Gasteiger partial charge in [0.25, 0.3) is 0 Å². The van der Waals surface area contributed by atoms with Gasteiger partial charge in [0.2, 0.25) is 0 Å². The lowest BCUT2D eigenvalue weighted by Gasteiger charge is -2.40. The lowest BCUT2D eigenvalue weighted by molar-refractivity contribution is 0.326. The molecular weight excluding hydrogens is 433 g/mol. The maximum absolute atomic E-state index is 15.3. The molecule has 0 N–H and O–H groups in total. The molecule has 0 radical (unpaired) electrons. The van der Waals surface area contributed by atoms with E-state index in [9.17, 15) is 0 Å². The van der Waals surface area contributed by atoms with Crippen LogP contribution in [0.4, 0.5) is 15.8 Å². The molecule has 1 aromatic carbocycles. The monoisotopic (exact) mass is 465 g/mol. The molecule has 174 valence electrons. The van der Waals surface area contributed by atoms with Gasteiger partial charge in [0.05, 0.1) is 17.4 Å². The number of halogens is 2. The van der Waals surface area contributed by atoms with Crippen LogP contribution in [0.3, 0.4) is 0 Å². The molecule has 1 aromatic rings. The molecule has 5 heteroatoms. The number of anilines is 2. The summed E-state index contributed by atoms with van der Waals surface area (Å²) in [6, 6.07) is 3.74. The number of piperazine rings is 1. The first-order chi connectivity index (χ1) is 15.9. The van der Waals surface area contributed by atoms with Crippen LogP contribution in [0.15, 0.2) is 90.9 Å². The number of rotatable bonds is 7. The third kappa shape index (κ3) is 4.86. The van der Waals surface area contributed by atoms with Crippen molar-refractivity contribution < 1.29 is 4.39 Å². The predicted octanol–water partition coefficient (Wildman–Crippen LogP) is 7.03. The second-order valence-corrected chi connectivity index (χ2v) is 8.37. The molecule has 0 unspecified atom stereocenters. The molecule has 1 saturated heterocycles. The third-order valence-electron chi connectivity index (χ3n) is 6.27. The fourth-order valence-corrected chi connectivity index (χ4v) is 4.61. The Morgan fingerprint density at radius 3 is 2.36 bits per heavy atom. The fraction of sp³-hybridized carbons (Fsp3) is 0.286. The van der Waals surface area contributed by atoms with Crippen LogP contribution >= 0.6 is 11.6 Å². The Morgan fingerprint density at radius 2 is 1.82 bits per heavy atom. The van der Waals surface area contributed by atoms with E-state index in [1.54, 1.807) is 12.1 Å². The number of benzene rings is 1. The molecule has 0 aromatic heterocycles. The molecule has 1 fully saturated rings. The quantitative estimate of drug-likeness (QED) is 0.243. The Morgan fingerprint density at radius 1 is 1.12 bits per heavy atom. The van der Waals surface area contributed by atoms with Crippen LogP contribution in [-0.4, -0.2) is 37.1 Å². The molecule has 0 atom stereocenters. The second-order valence-electron chi connectivity index (χ2n) is 8.13. The molecule has 2 heterocycles. The number of alkyl halides is 1. The van der Waals surface area contributed by atoms with Crippen LogP contribution < -0.4 is 9.80 Å². The first-order valence-corrected chi connectivity index (χ1v) is 11.8. The van der Waals surface area contributed by atoms with Gasteiger partial charge in [-0.15, -0.1) is 11.6 Å². The fourth-order valence-electron chi connectivity index (χ4n) is 4.41. The molecule has 0 saturated carbocycles. The predicted molar refractivity (Wildman–Crippen MR) is 142 cm³/mol. The molecule has 0 spiro atoms. The number of hydrogen-bond donors (Lipinski definition) is 0. The van der Waals surface area contributed by atoms with E-state index in [-0.39, 0.29) is 11.8 Å². The average Bonchev–Trinajstić information content (AvgIpc) is 2.84. The number of allylic oxidation sites excluding steroid dienone is 8. The highest BCUT2D eigenvalue weighted by atomic mass is 35.5. The van der Waals surface area contributed by atoms with Crippen LogP contribution in [0.5, 0.6) is 0 Å². The van der Waals surface area contributed by atoms with Crippen molar-refractivity contribution >= 4 is 28.5 Å². The van der Waals surface area contributed by atoms with Crippen molar-refractivity contribution in [2.24, 2.45) is 0 Å². The summed E-state index contributed by atoms with van der Waals surface area (Å²) < 4.78 is 15.3. The minimum Gasteiger partial charge on any atom is -0.368 e. The molecule has 0 amide bonds. The van der Waals surface area contributed by atoms with Gasteiger partial charge in [-0.05, 0) is 49.6 Å². The molecule has 2 aliphatic rings. The maximum Gasteiger partial charge on any atom is 0.147 e. The Hall–Kier alpha value is -2.98. The SMILES string of the molecule is C=CC1=CN(CCl)c2cc(N3CCN(C(=C/C)/C(/C=C\C)=C(/C)C=C)CC3)c(F)cc2C1=C. The summed E-state index contributed by atoms with van der Waals surface area (Å²) in [4.78, 5) is 6.38. The first-order valence-electron chi connectivity index (χ1n) is 11.2. The summed E-state index contributed by atoms with van der Waals surface area (Å²) in [6.07, 6.45) is 11.8. The van der Waals surface area contributed by atoms with Crippen LogP contribution in [0.2, 0.25) is 0 Å². The van der Waals surface area contributed by atoms with Gasteiger partial charge >= 0.3 is 0 Å². The van der Waals surface area contributed by atoms with E-state index in [2.05, 4.69) is 55.5 Å². The zero-order valence-electron chi connectivity index (χ0n) is 19.9. The van der Waals surface area contributed by atoms with Crippen molar-refractivity contribution in [1.82, 2.24) is 4.90 Å². The number of fused-ring (bicyclic) bond motifs is 1. The average molecular weight is 466 g/mol. The lowest BCUT2D eigenvalue weighted by Crippen LogP contribution is -2.46. The number of nitrogens with zero attached hydrogens (tertiary/aromatic N) is 3. The van der Waals surface area contributed by atoms with Gasteiger partial charge in [-0.2, -0.15) is 0 Å². The summed E-state index contributed by atoms with van der Waals surface area (Å²) in [6.45, 7) is 21.1. The minimum atomic E-state index is -0.244. The molecular formula is C28H33ClFN3. The van der Waals surface area contributed by atoms with Crippen molar-refractivity contribution in [3.63, 3.8) is 0 Å². The van der Waals surface area contributed by atoms with Crippen molar-refractivity contribution in [3.05, 3.63) is 102 Å². The highest BCUT2D eigenvalue weighted by Crippen LogP contribution is 2.40. The zero-order valence-corrected chi connectivity index (χ0v) is 20.6. The highest BCUT2D eigenvalue weighted by Gasteiger charge is 2.26. The molecule has 3 nitrogen and oxygen atoms in total. The third-order valence-corrected chi connectivity index (χ3v) is 6.52. The Bertz CT molecular complexity index is 1070. The Balaban J connectivity index is 1.86. The van der Waals surface area contributed by atoms with E-state index in [0.717, 1.165) is 54.1 Å². The smallest absolute Gasteiger partial charge is 0.147 e. The van der Waals surface area contributed by atoms with E-state index < -0.39 is 0 Å². The van der Waals surface area contributed by atoms with E-state index in [0.29, 0.717) is 5.69 Å². The van der Waals surface area contributed by atoms with E-state index in [1.165, 1.54) is 11.3 Å². The Kier molecular flexibility index (Phi) is 8.04. The molecule has 0 aliphatic carbocycles. The molecule has 0 bridgehead atoms. The largest absolute Gasteiger partial charge is 0.368 e. The van der Waals surface area contributed by atoms with Gasteiger partial charge in [0.15, 0.2) is 0 Å². The summed E-state index contributed by atoms with van der Waals surface area (Å²) in [7, 11) is 0. The van der Waals surface area contributed by atoms with Crippen molar-refractivity contribution in [2.45, 2.75) is 20.8 Å². The van der Waals surface area contributed by atoms with Crippen LogP contribution in [0.25, 0.3) is 5.57 Å². The van der Waals surface area contributed by atoms with Gasteiger partial charge < -0.3 is 14.7 Å². The van der Waals surface area contributed by atoms with Gasteiger partial charge in [-0.3, -0.25) is 0 Å².